The van der Waals surface area contributed by atoms with Crippen molar-refractivity contribution in [1.29, 1.82) is 0 Å². The molecule has 0 bridgehead atoms. The number of hydrogen-bond acceptors (Lipinski definition) is 2. The van der Waals surface area contributed by atoms with Crippen LogP contribution >= 0.6 is 15.9 Å². The van der Waals surface area contributed by atoms with Crippen molar-refractivity contribution in [1.82, 2.24) is 5.32 Å². The van der Waals surface area contributed by atoms with Crippen LogP contribution in [-0.2, 0) is 6.42 Å². The molecule has 0 aliphatic heterocycles. The molecule has 0 spiro atoms. The molecule has 0 fully saturated rings. The van der Waals surface area contributed by atoms with E-state index < -0.39 is 0 Å². The summed E-state index contributed by atoms with van der Waals surface area (Å²) in [5.41, 5.74) is 1.71. The first-order valence-electron chi connectivity index (χ1n) is 6.96. The van der Waals surface area contributed by atoms with Crippen LogP contribution in [0, 0.1) is 5.82 Å². The number of likely N-dealkylation sites (N-methyl/N-ethyl adjacent to an activating group) is 1. The largest absolute Gasteiger partial charge is 0.496 e. The van der Waals surface area contributed by atoms with Crippen molar-refractivity contribution in [2.24, 2.45) is 0 Å². The molecule has 0 amide bonds. The third-order valence-electron chi connectivity index (χ3n) is 3.41. The Hall–Kier alpha value is -1.39. The molecule has 0 aliphatic carbocycles. The minimum Gasteiger partial charge on any atom is -0.496 e. The average Bonchev–Trinajstić information content (AvgIpc) is 2.48. The molecular formula is C17H19BrFNO. The van der Waals surface area contributed by atoms with E-state index in [1.165, 1.54) is 6.07 Å². The van der Waals surface area contributed by atoms with Crippen LogP contribution in [0.4, 0.5) is 4.39 Å². The molecule has 1 N–H and O–H groups in total. The first-order chi connectivity index (χ1) is 10.2. The molecule has 2 nitrogen and oxygen atoms in total. The average molecular weight is 352 g/mol. The molecule has 0 radical (unpaired) electrons. The van der Waals surface area contributed by atoms with Crippen molar-refractivity contribution in [2.75, 3.05) is 13.7 Å². The lowest BCUT2D eigenvalue weighted by Gasteiger charge is -2.22. The topological polar surface area (TPSA) is 21.3 Å². The van der Waals surface area contributed by atoms with E-state index in [2.05, 4.69) is 21.2 Å². The molecule has 2 aromatic rings. The fourth-order valence-corrected chi connectivity index (χ4v) is 2.89. The van der Waals surface area contributed by atoms with E-state index in [0.29, 0.717) is 17.7 Å². The van der Waals surface area contributed by atoms with Gasteiger partial charge in [-0.05, 0) is 36.7 Å². The van der Waals surface area contributed by atoms with Gasteiger partial charge in [0.15, 0.2) is 0 Å². The van der Waals surface area contributed by atoms with Gasteiger partial charge >= 0.3 is 0 Å². The maximum absolute atomic E-state index is 14.3. The monoisotopic (exact) mass is 351 g/mol. The summed E-state index contributed by atoms with van der Waals surface area (Å²) in [7, 11) is 1.57. The Morgan fingerprint density at radius 2 is 1.95 bits per heavy atom. The van der Waals surface area contributed by atoms with Crippen molar-refractivity contribution in [3.05, 3.63) is 63.9 Å². The maximum atomic E-state index is 14.3. The predicted molar refractivity (Wildman–Crippen MR) is 87.2 cm³/mol. The maximum Gasteiger partial charge on any atom is 0.131 e. The molecule has 0 aliphatic rings. The second-order valence-electron chi connectivity index (χ2n) is 4.76. The summed E-state index contributed by atoms with van der Waals surface area (Å²) in [5.74, 6) is 0.334. The lowest BCUT2D eigenvalue weighted by molar-refractivity contribution is 0.390. The molecule has 4 heteroatoms. The van der Waals surface area contributed by atoms with Gasteiger partial charge in [-0.15, -0.1) is 0 Å². The molecule has 1 unspecified atom stereocenters. The van der Waals surface area contributed by atoms with Crippen LogP contribution in [0.3, 0.4) is 0 Å². The highest BCUT2D eigenvalue weighted by Crippen LogP contribution is 2.31. The number of halogens is 2. The van der Waals surface area contributed by atoms with Crippen LogP contribution in [0.15, 0.2) is 46.9 Å². The van der Waals surface area contributed by atoms with Crippen molar-refractivity contribution in [3.8, 4) is 5.75 Å². The Balaban J connectivity index is 2.38. The highest BCUT2D eigenvalue weighted by molar-refractivity contribution is 9.10. The first kappa shape index (κ1) is 16.0. The molecule has 2 rings (SSSR count). The summed E-state index contributed by atoms with van der Waals surface area (Å²) in [4.78, 5) is 0. The Morgan fingerprint density at radius 3 is 2.62 bits per heavy atom. The van der Waals surface area contributed by atoms with Gasteiger partial charge in [-0.1, -0.05) is 47.1 Å². The van der Waals surface area contributed by atoms with Crippen molar-refractivity contribution < 1.29 is 9.13 Å². The lowest BCUT2D eigenvalue weighted by Crippen LogP contribution is -2.24. The van der Waals surface area contributed by atoms with E-state index in [1.54, 1.807) is 19.2 Å². The normalized spacial score (nSPS) is 12.2. The van der Waals surface area contributed by atoms with Crippen LogP contribution < -0.4 is 10.1 Å². The van der Waals surface area contributed by atoms with E-state index >= 15 is 0 Å². The van der Waals surface area contributed by atoms with Crippen LogP contribution in [0.5, 0.6) is 5.75 Å². The lowest BCUT2D eigenvalue weighted by atomic mass is 9.97. The molecule has 1 atom stereocenters. The highest BCUT2D eigenvalue weighted by atomic mass is 79.9. The zero-order valence-corrected chi connectivity index (χ0v) is 13.8. The van der Waals surface area contributed by atoms with E-state index in [-0.39, 0.29) is 11.9 Å². The van der Waals surface area contributed by atoms with Gasteiger partial charge in [0.1, 0.15) is 11.6 Å². The van der Waals surface area contributed by atoms with Crippen LogP contribution in [-0.4, -0.2) is 13.7 Å². The van der Waals surface area contributed by atoms with Gasteiger partial charge in [-0.25, -0.2) is 4.39 Å². The van der Waals surface area contributed by atoms with Crippen molar-refractivity contribution >= 4 is 15.9 Å². The molecule has 112 valence electrons. The number of nitrogens with one attached hydrogen (secondary N) is 1. The van der Waals surface area contributed by atoms with Crippen LogP contribution in [0.1, 0.15) is 24.1 Å². The summed E-state index contributed by atoms with van der Waals surface area (Å²) < 4.78 is 20.6. The van der Waals surface area contributed by atoms with E-state index in [0.717, 1.165) is 16.6 Å². The van der Waals surface area contributed by atoms with Gasteiger partial charge in [-0.2, -0.15) is 0 Å². The number of hydrogen-bond donors (Lipinski definition) is 1. The minimum atomic E-state index is -0.243. The zero-order chi connectivity index (χ0) is 15.2. The standard InChI is InChI=1S/C17H19BrFNO/c1-3-20-15(11-12-7-4-5-8-13(12)18)17-14(19)9-6-10-16(17)21-2/h4-10,15,20H,3,11H2,1-2H3. The minimum absolute atomic E-state index is 0.134. The highest BCUT2D eigenvalue weighted by Gasteiger charge is 2.20. The van der Waals surface area contributed by atoms with E-state index in [1.807, 2.05) is 31.2 Å². The summed E-state index contributed by atoms with van der Waals surface area (Å²) in [6.07, 6.45) is 0.687. The summed E-state index contributed by atoms with van der Waals surface area (Å²) in [6, 6.07) is 12.8. The van der Waals surface area contributed by atoms with Crippen molar-refractivity contribution in [3.63, 3.8) is 0 Å². The van der Waals surface area contributed by atoms with Gasteiger partial charge in [0.2, 0.25) is 0 Å². The van der Waals surface area contributed by atoms with Gasteiger partial charge < -0.3 is 10.1 Å². The second-order valence-corrected chi connectivity index (χ2v) is 5.62. The SMILES string of the molecule is CCNC(Cc1ccccc1Br)c1c(F)cccc1OC. The fourth-order valence-electron chi connectivity index (χ4n) is 2.44. The summed E-state index contributed by atoms with van der Waals surface area (Å²) >= 11 is 3.55. The number of benzene rings is 2. The smallest absolute Gasteiger partial charge is 0.131 e. The molecule has 0 saturated heterocycles. The van der Waals surface area contributed by atoms with Gasteiger partial charge in [0, 0.05) is 16.1 Å². The molecule has 2 aromatic carbocycles. The van der Waals surface area contributed by atoms with Gasteiger partial charge in [0.25, 0.3) is 0 Å². The Bertz CT molecular complexity index is 603. The fraction of sp³-hybridized carbons (Fsp3) is 0.294. The van der Waals surface area contributed by atoms with Crippen LogP contribution in [0.25, 0.3) is 0 Å². The third kappa shape index (κ3) is 3.83. The van der Waals surface area contributed by atoms with E-state index in [9.17, 15) is 4.39 Å². The van der Waals surface area contributed by atoms with Crippen LogP contribution in [0.2, 0.25) is 0 Å². The quantitative estimate of drug-likeness (QED) is 0.827. The zero-order valence-electron chi connectivity index (χ0n) is 12.2. The van der Waals surface area contributed by atoms with Gasteiger partial charge in [-0.3, -0.25) is 0 Å². The van der Waals surface area contributed by atoms with E-state index in [4.69, 9.17) is 4.74 Å². The molecule has 0 saturated carbocycles. The van der Waals surface area contributed by atoms with Gasteiger partial charge in [0.05, 0.1) is 7.11 Å². The summed E-state index contributed by atoms with van der Waals surface area (Å²) in [5, 5.41) is 3.35. The Morgan fingerprint density at radius 1 is 1.19 bits per heavy atom. The molecule has 0 aromatic heterocycles. The molecular weight excluding hydrogens is 333 g/mol. The molecule has 21 heavy (non-hydrogen) atoms. The third-order valence-corrected chi connectivity index (χ3v) is 4.19. The Labute approximate surface area is 133 Å². The Kier molecular flexibility index (Phi) is 5.76. The number of rotatable bonds is 6. The predicted octanol–water partition coefficient (Wildman–Crippen LogP) is 4.49. The number of methoxy groups -OCH3 is 1. The summed E-state index contributed by atoms with van der Waals surface area (Å²) in [6.45, 7) is 2.77. The first-order valence-corrected chi connectivity index (χ1v) is 7.75. The second kappa shape index (κ2) is 7.57. The molecule has 0 heterocycles. The number of ether oxygens (including phenoxy) is 1. The van der Waals surface area contributed by atoms with Crippen molar-refractivity contribution in [2.45, 2.75) is 19.4 Å².